The Morgan fingerprint density at radius 3 is 1.75 bits per heavy atom. The van der Waals surface area contributed by atoms with Gasteiger partial charge in [0.05, 0.1) is 45.6 Å². The van der Waals surface area contributed by atoms with Gasteiger partial charge in [-0.3, -0.25) is 4.79 Å². The number of nitrogens with one attached hydrogen (secondary N) is 2. The Bertz CT molecular complexity index is 429. The molecule has 8 nitrogen and oxygen atoms in total. The Balaban J connectivity index is 3.13. The molecular formula is C20H38N2O6. The zero-order valence-electron chi connectivity index (χ0n) is 17.7. The third kappa shape index (κ3) is 17.9. The minimum Gasteiger partial charge on any atom is -0.465 e. The van der Waals surface area contributed by atoms with Crippen LogP contribution < -0.4 is 10.6 Å². The van der Waals surface area contributed by atoms with Crippen molar-refractivity contribution in [2.75, 3.05) is 65.8 Å². The van der Waals surface area contributed by atoms with Crippen molar-refractivity contribution >= 4 is 11.9 Å². The van der Waals surface area contributed by atoms with Crippen LogP contribution in [0.1, 0.15) is 33.6 Å². The highest BCUT2D eigenvalue weighted by molar-refractivity contribution is 5.86. The largest absolute Gasteiger partial charge is 0.465 e. The summed E-state index contributed by atoms with van der Waals surface area (Å²) in [5, 5.41) is 6.45. The lowest BCUT2D eigenvalue weighted by Gasteiger charge is -2.09. The van der Waals surface area contributed by atoms with Crippen molar-refractivity contribution in [1.82, 2.24) is 10.6 Å². The lowest BCUT2D eigenvalue weighted by Crippen LogP contribution is -2.24. The Kier molecular flexibility index (Phi) is 17.9. The predicted octanol–water partition coefficient (Wildman–Crippen LogP) is 1.30. The second-order valence-corrected chi connectivity index (χ2v) is 6.67. The Labute approximate surface area is 169 Å². The zero-order chi connectivity index (χ0) is 21.0. The second kappa shape index (κ2) is 18.9. The highest BCUT2D eigenvalue weighted by atomic mass is 16.5. The quantitative estimate of drug-likeness (QED) is 0.190. The van der Waals surface area contributed by atoms with Crippen molar-refractivity contribution < 1.29 is 28.5 Å². The molecular weight excluding hydrogens is 364 g/mol. The maximum atomic E-state index is 11.2. The topological polar surface area (TPSA) is 95.1 Å². The van der Waals surface area contributed by atoms with E-state index in [1.807, 2.05) is 13.8 Å². The van der Waals surface area contributed by atoms with Crippen LogP contribution in [0.2, 0.25) is 0 Å². The Morgan fingerprint density at radius 1 is 0.786 bits per heavy atom. The average molecular weight is 403 g/mol. The van der Waals surface area contributed by atoms with Crippen molar-refractivity contribution in [3.05, 3.63) is 12.2 Å². The molecule has 0 saturated carbocycles. The molecule has 0 rings (SSSR count). The number of esters is 2. The van der Waals surface area contributed by atoms with Gasteiger partial charge in [0.15, 0.2) is 0 Å². The van der Waals surface area contributed by atoms with Gasteiger partial charge < -0.3 is 29.6 Å². The smallest absolute Gasteiger partial charge is 0.333 e. The van der Waals surface area contributed by atoms with Gasteiger partial charge in [-0.1, -0.05) is 20.4 Å². The van der Waals surface area contributed by atoms with E-state index < -0.39 is 0 Å². The second-order valence-electron chi connectivity index (χ2n) is 6.67. The van der Waals surface area contributed by atoms with Crippen LogP contribution in [0.15, 0.2) is 12.2 Å². The number of carbonyl (C=O) groups is 2. The number of rotatable bonds is 19. The summed E-state index contributed by atoms with van der Waals surface area (Å²) in [7, 11) is 0. The number of hydrogen-bond donors (Lipinski definition) is 2. The molecule has 0 heterocycles. The molecule has 0 aliphatic carbocycles. The van der Waals surface area contributed by atoms with Crippen molar-refractivity contribution in [1.29, 1.82) is 0 Å². The average Bonchev–Trinajstić information content (AvgIpc) is 2.66. The molecule has 0 aromatic rings. The lowest BCUT2D eigenvalue weighted by atomic mass is 10.2. The first-order valence-electron chi connectivity index (χ1n) is 10.0. The molecule has 0 radical (unpaired) electrons. The van der Waals surface area contributed by atoms with E-state index in [0.717, 1.165) is 39.0 Å². The molecule has 2 N–H and O–H groups in total. The summed E-state index contributed by atoms with van der Waals surface area (Å²) in [6.07, 6.45) is 1.56. The summed E-state index contributed by atoms with van der Waals surface area (Å²) in [5.74, 6) is -0.564. The summed E-state index contributed by atoms with van der Waals surface area (Å²) in [6, 6.07) is 0. The van der Waals surface area contributed by atoms with Crippen LogP contribution in [0.25, 0.3) is 0 Å². The first-order chi connectivity index (χ1) is 13.4. The predicted molar refractivity (Wildman–Crippen MR) is 108 cm³/mol. The molecule has 0 spiro atoms. The molecule has 28 heavy (non-hydrogen) atoms. The number of carbonyl (C=O) groups excluding carboxylic acids is 2. The van der Waals surface area contributed by atoms with E-state index in [-0.39, 0.29) is 17.9 Å². The first kappa shape index (κ1) is 26.5. The zero-order valence-corrected chi connectivity index (χ0v) is 17.7. The van der Waals surface area contributed by atoms with Gasteiger partial charge >= 0.3 is 11.9 Å². The number of hydrogen-bond acceptors (Lipinski definition) is 8. The molecule has 0 unspecified atom stereocenters. The van der Waals surface area contributed by atoms with E-state index in [9.17, 15) is 9.59 Å². The van der Waals surface area contributed by atoms with Crippen LogP contribution in [0.3, 0.4) is 0 Å². The van der Waals surface area contributed by atoms with Crippen LogP contribution >= 0.6 is 0 Å². The minimum atomic E-state index is -0.342. The summed E-state index contributed by atoms with van der Waals surface area (Å²) in [4.78, 5) is 22.4. The maximum Gasteiger partial charge on any atom is 0.333 e. The van der Waals surface area contributed by atoms with Crippen LogP contribution in [-0.2, 0) is 28.5 Å². The number of ether oxygens (including phenoxy) is 4. The fraction of sp³-hybridized carbons (Fsp3) is 0.800. The molecule has 0 aliphatic rings. The molecule has 0 atom stereocenters. The maximum absolute atomic E-state index is 11.2. The van der Waals surface area contributed by atoms with E-state index in [2.05, 4.69) is 17.2 Å². The molecule has 0 fully saturated rings. The van der Waals surface area contributed by atoms with Crippen LogP contribution in [0.5, 0.6) is 0 Å². The fourth-order valence-electron chi connectivity index (χ4n) is 1.88. The third-order valence-electron chi connectivity index (χ3n) is 3.51. The van der Waals surface area contributed by atoms with Crippen LogP contribution in [-0.4, -0.2) is 77.8 Å². The molecule has 0 aliphatic heterocycles. The molecule has 0 bridgehead atoms. The standard InChI is InChI=1S/C20H38N2O6/c1-17(2)19(23)27-11-5-7-21-9-13-25-15-16-26-14-10-22-8-6-12-28-20(24)18(3)4/h18,21-22H,1,5-16H2,2-4H3. The molecule has 0 aromatic heterocycles. The lowest BCUT2D eigenvalue weighted by molar-refractivity contribution is -0.147. The van der Waals surface area contributed by atoms with Gasteiger partial charge in [-0.2, -0.15) is 0 Å². The molecule has 8 heteroatoms. The van der Waals surface area contributed by atoms with Gasteiger partial charge in [-0.15, -0.1) is 0 Å². The highest BCUT2D eigenvalue weighted by Crippen LogP contribution is 1.96. The summed E-state index contributed by atoms with van der Waals surface area (Å²) >= 11 is 0. The van der Waals surface area contributed by atoms with Gasteiger partial charge in [0.25, 0.3) is 0 Å². The summed E-state index contributed by atoms with van der Waals surface area (Å²) < 4.78 is 21.0. The Hall–Kier alpha value is -1.48. The van der Waals surface area contributed by atoms with E-state index in [1.54, 1.807) is 6.92 Å². The minimum absolute atomic E-state index is 0.0716. The first-order valence-corrected chi connectivity index (χ1v) is 10.0. The van der Waals surface area contributed by atoms with E-state index in [4.69, 9.17) is 18.9 Å². The van der Waals surface area contributed by atoms with Crippen molar-refractivity contribution in [3.63, 3.8) is 0 Å². The van der Waals surface area contributed by atoms with Gasteiger partial charge in [-0.05, 0) is 32.9 Å². The van der Waals surface area contributed by atoms with Gasteiger partial charge in [0.2, 0.25) is 0 Å². The molecule has 0 amide bonds. The Morgan fingerprint density at radius 2 is 1.29 bits per heavy atom. The van der Waals surface area contributed by atoms with E-state index in [1.165, 1.54) is 0 Å². The third-order valence-corrected chi connectivity index (χ3v) is 3.51. The molecule has 164 valence electrons. The van der Waals surface area contributed by atoms with Crippen LogP contribution in [0.4, 0.5) is 0 Å². The monoisotopic (exact) mass is 402 g/mol. The van der Waals surface area contributed by atoms with Crippen molar-refractivity contribution in [3.8, 4) is 0 Å². The van der Waals surface area contributed by atoms with E-state index >= 15 is 0 Å². The van der Waals surface area contributed by atoms with Gasteiger partial charge in [0, 0.05) is 18.7 Å². The van der Waals surface area contributed by atoms with Crippen LogP contribution in [0, 0.1) is 5.92 Å². The van der Waals surface area contributed by atoms with Gasteiger partial charge in [0.1, 0.15) is 0 Å². The summed E-state index contributed by atoms with van der Waals surface area (Å²) in [6.45, 7) is 15.1. The van der Waals surface area contributed by atoms with E-state index in [0.29, 0.717) is 45.2 Å². The molecule has 0 aromatic carbocycles. The van der Waals surface area contributed by atoms with Crippen molar-refractivity contribution in [2.24, 2.45) is 5.92 Å². The van der Waals surface area contributed by atoms with Crippen molar-refractivity contribution in [2.45, 2.75) is 33.6 Å². The van der Waals surface area contributed by atoms with Gasteiger partial charge in [-0.25, -0.2) is 4.79 Å². The SMILES string of the molecule is C=C(C)C(=O)OCCCNCCOCCOCCNCCCOC(=O)C(C)C. The summed E-state index contributed by atoms with van der Waals surface area (Å²) in [5.41, 5.74) is 0.420. The highest BCUT2D eigenvalue weighted by Gasteiger charge is 2.06. The molecule has 0 saturated heterocycles. The fourth-order valence-corrected chi connectivity index (χ4v) is 1.88. The normalized spacial score (nSPS) is 10.9.